The van der Waals surface area contributed by atoms with Gasteiger partial charge < -0.3 is 14.2 Å². The third-order valence-corrected chi connectivity index (χ3v) is 4.00. The molecule has 0 spiro atoms. The van der Waals surface area contributed by atoms with Crippen molar-refractivity contribution >= 4 is 58.2 Å². The van der Waals surface area contributed by atoms with Crippen LogP contribution in [0.1, 0.15) is 0 Å². The van der Waals surface area contributed by atoms with Gasteiger partial charge in [-0.2, -0.15) is 0 Å². The van der Waals surface area contributed by atoms with Gasteiger partial charge >= 0.3 is 6.09 Å². The minimum Gasteiger partial charge on any atom is -0.495 e. The third-order valence-electron chi connectivity index (χ3n) is 2.92. The summed E-state index contributed by atoms with van der Waals surface area (Å²) in [6.45, 7) is 0.0584. The van der Waals surface area contributed by atoms with Gasteiger partial charge in [-0.15, -0.1) is 0 Å². The van der Waals surface area contributed by atoms with Crippen LogP contribution in [0, 0.1) is 0 Å². The number of hydrogen-bond donors (Lipinski definition) is 1. The van der Waals surface area contributed by atoms with E-state index in [4.69, 9.17) is 60.6 Å². The zero-order chi connectivity index (χ0) is 18.4. The molecule has 9 heteroatoms. The van der Waals surface area contributed by atoms with Gasteiger partial charge in [0.15, 0.2) is 5.75 Å². The van der Waals surface area contributed by atoms with E-state index in [9.17, 15) is 4.79 Å². The van der Waals surface area contributed by atoms with E-state index in [2.05, 4.69) is 5.32 Å². The van der Waals surface area contributed by atoms with E-state index < -0.39 is 6.09 Å². The predicted octanol–water partition coefficient (Wildman–Crippen LogP) is 5.94. The first kappa shape index (κ1) is 19.8. The Labute approximate surface area is 164 Å². The summed E-state index contributed by atoms with van der Waals surface area (Å²) in [7, 11) is 1.50. The van der Waals surface area contributed by atoms with Crippen molar-refractivity contribution in [3.8, 4) is 11.5 Å². The Morgan fingerprint density at radius 2 is 1.68 bits per heavy atom. The van der Waals surface area contributed by atoms with Crippen molar-refractivity contribution < 1.29 is 19.0 Å². The largest absolute Gasteiger partial charge is 0.495 e. The van der Waals surface area contributed by atoms with Crippen LogP contribution in [0.3, 0.4) is 0 Å². The maximum absolute atomic E-state index is 11.7. The molecule has 0 aromatic heterocycles. The van der Waals surface area contributed by atoms with Crippen LogP contribution in [0.5, 0.6) is 11.5 Å². The van der Waals surface area contributed by atoms with Gasteiger partial charge in [0.25, 0.3) is 0 Å². The average Bonchev–Trinajstić information content (AvgIpc) is 2.53. The highest BCUT2D eigenvalue weighted by Crippen LogP contribution is 2.35. The highest BCUT2D eigenvalue weighted by Gasteiger charge is 2.10. The summed E-state index contributed by atoms with van der Waals surface area (Å²) in [5, 5.41) is 3.85. The van der Waals surface area contributed by atoms with Crippen LogP contribution in [0.2, 0.25) is 20.1 Å². The van der Waals surface area contributed by atoms with E-state index in [0.717, 1.165) is 0 Å². The molecule has 0 radical (unpaired) electrons. The summed E-state index contributed by atoms with van der Waals surface area (Å²) < 4.78 is 15.4. The molecular weight excluding hydrogens is 412 g/mol. The van der Waals surface area contributed by atoms with Gasteiger partial charge in [0.1, 0.15) is 19.0 Å². The van der Waals surface area contributed by atoms with Crippen molar-refractivity contribution in [2.24, 2.45) is 0 Å². The average molecular weight is 425 g/mol. The Morgan fingerprint density at radius 1 is 1.00 bits per heavy atom. The number of nitrogens with one attached hydrogen (secondary N) is 1. The molecule has 0 atom stereocenters. The topological polar surface area (TPSA) is 56.8 Å². The van der Waals surface area contributed by atoms with Gasteiger partial charge in [-0.1, -0.05) is 46.4 Å². The Kier molecular flexibility index (Phi) is 7.32. The minimum absolute atomic E-state index is 0.00892. The van der Waals surface area contributed by atoms with E-state index in [1.165, 1.54) is 19.2 Å². The Bertz CT molecular complexity index is 747. The van der Waals surface area contributed by atoms with Gasteiger partial charge in [0.05, 0.1) is 22.2 Å². The Balaban J connectivity index is 1.80. The second-order valence-electron chi connectivity index (χ2n) is 4.66. The summed E-state index contributed by atoms with van der Waals surface area (Å²) in [5.41, 5.74) is 0.473. The first-order valence-corrected chi connectivity index (χ1v) is 8.46. The molecule has 134 valence electrons. The van der Waals surface area contributed by atoms with E-state index >= 15 is 0 Å². The molecule has 0 bridgehead atoms. The molecule has 0 saturated heterocycles. The van der Waals surface area contributed by atoms with Crippen molar-refractivity contribution in [1.82, 2.24) is 0 Å². The van der Waals surface area contributed by atoms with Crippen molar-refractivity contribution in [3.05, 3.63) is 50.4 Å². The number of ether oxygens (including phenoxy) is 3. The Morgan fingerprint density at radius 3 is 2.28 bits per heavy atom. The summed E-state index contributed by atoms with van der Waals surface area (Å²) in [5.74, 6) is 0.782. The van der Waals surface area contributed by atoms with Gasteiger partial charge in [-0.05, 0) is 30.3 Å². The molecule has 0 aliphatic heterocycles. The standard InChI is InChI=1S/C16H13Cl4NO4/c1-23-14-3-2-10(8-11(14)18)21-16(22)25-5-4-24-15-12(19)6-9(17)7-13(15)20/h2-3,6-8H,4-5H2,1H3,(H,21,22). The number of methoxy groups -OCH3 is 1. The van der Waals surface area contributed by atoms with Crippen molar-refractivity contribution in [1.29, 1.82) is 0 Å². The number of carbonyl (C=O) groups is 1. The number of benzene rings is 2. The van der Waals surface area contributed by atoms with Crippen molar-refractivity contribution in [2.45, 2.75) is 0 Å². The number of halogens is 4. The highest BCUT2D eigenvalue weighted by molar-refractivity contribution is 6.40. The number of rotatable bonds is 6. The summed E-state index contributed by atoms with van der Waals surface area (Å²) in [6.07, 6.45) is -0.655. The van der Waals surface area contributed by atoms with E-state index in [0.29, 0.717) is 21.5 Å². The van der Waals surface area contributed by atoms with Crippen molar-refractivity contribution in [3.63, 3.8) is 0 Å². The summed E-state index contributed by atoms with van der Waals surface area (Å²) >= 11 is 23.8. The zero-order valence-corrected chi connectivity index (χ0v) is 16.0. The molecule has 25 heavy (non-hydrogen) atoms. The first-order chi connectivity index (χ1) is 11.9. The molecule has 1 N–H and O–H groups in total. The monoisotopic (exact) mass is 423 g/mol. The van der Waals surface area contributed by atoms with E-state index in [-0.39, 0.29) is 29.0 Å². The SMILES string of the molecule is COc1ccc(NC(=O)OCCOc2c(Cl)cc(Cl)cc2Cl)cc1Cl. The fourth-order valence-corrected chi connectivity index (χ4v) is 3.03. The molecular formula is C16H13Cl4NO4. The number of hydrogen-bond acceptors (Lipinski definition) is 4. The van der Waals surface area contributed by atoms with Gasteiger partial charge in [0.2, 0.25) is 0 Å². The smallest absolute Gasteiger partial charge is 0.411 e. The summed E-state index contributed by atoms with van der Waals surface area (Å²) in [4.78, 5) is 11.7. The van der Waals surface area contributed by atoms with Crippen LogP contribution in [-0.4, -0.2) is 26.4 Å². The van der Waals surface area contributed by atoms with Crippen LogP contribution < -0.4 is 14.8 Å². The number of amides is 1. The third kappa shape index (κ3) is 5.75. The second-order valence-corrected chi connectivity index (χ2v) is 6.32. The lowest BCUT2D eigenvalue weighted by Gasteiger charge is -2.11. The zero-order valence-electron chi connectivity index (χ0n) is 12.9. The molecule has 0 heterocycles. The van der Waals surface area contributed by atoms with Gasteiger partial charge in [-0.25, -0.2) is 4.79 Å². The fraction of sp³-hybridized carbons (Fsp3) is 0.188. The maximum atomic E-state index is 11.7. The van der Waals surface area contributed by atoms with Crippen molar-refractivity contribution in [2.75, 3.05) is 25.6 Å². The second kappa shape index (κ2) is 9.25. The molecule has 0 saturated carbocycles. The predicted molar refractivity (Wildman–Crippen MR) is 99.9 cm³/mol. The first-order valence-electron chi connectivity index (χ1n) is 6.95. The molecule has 5 nitrogen and oxygen atoms in total. The molecule has 0 aliphatic carbocycles. The molecule has 2 aromatic rings. The molecule has 0 fully saturated rings. The van der Waals surface area contributed by atoms with Crippen LogP contribution >= 0.6 is 46.4 Å². The number of anilines is 1. The van der Waals surface area contributed by atoms with Gasteiger partial charge in [-0.3, -0.25) is 5.32 Å². The van der Waals surface area contributed by atoms with Crippen LogP contribution in [0.25, 0.3) is 0 Å². The maximum Gasteiger partial charge on any atom is 0.411 e. The lowest BCUT2D eigenvalue weighted by molar-refractivity contribution is 0.138. The summed E-state index contributed by atoms with van der Waals surface area (Å²) in [6, 6.07) is 7.82. The minimum atomic E-state index is -0.655. The fourth-order valence-electron chi connectivity index (χ4n) is 1.84. The van der Waals surface area contributed by atoms with Gasteiger partial charge in [0, 0.05) is 10.7 Å². The van der Waals surface area contributed by atoms with Crippen LogP contribution in [0.4, 0.5) is 10.5 Å². The number of carbonyl (C=O) groups excluding carboxylic acids is 1. The molecule has 2 aromatic carbocycles. The quantitative estimate of drug-likeness (QED) is 0.583. The molecule has 0 unspecified atom stereocenters. The van der Waals surface area contributed by atoms with E-state index in [1.807, 2.05) is 0 Å². The molecule has 1 amide bonds. The van der Waals surface area contributed by atoms with Crippen LogP contribution in [0.15, 0.2) is 30.3 Å². The molecule has 2 rings (SSSR count). The lowest BCUT2D eigenvalue weighted by atomic mass is 10.3. The Hall–Kier alpha value is -1.53. The molecule has 0 aliphatic rings. The lowest BCUT2D eigenvalue weighted by Crippen LogP contribution is -2.17. The van der Waals surface area contributed by atoms with E-state index in [1.54, 1.807) is 18.2 Å². The van der Waals surface area contributed by atoms with Crippen LogP contribution in [-0.2, 0) is 4.74 Å². The normalized spacial score (nSPS) is 10.3. The highest BCUT2D eigenvalue weighted by atomic mass is 35.5.